The number of hydrogen-bond acceptors (Lipinski definition) is 1. The fraction of sp³-hybridized carbons (Fsp3) is 0.944. The van der Waals surface area contributed by atoms with Crippen LogP contribution in [0.1, 0.15) is 96.3 Å². The molecule has 132 valence electrons. The predicted molar refractivity (Wildman–Crippen MR) is 97.3 cm³/mol. The van der Waals surface area contributed by atoms with Gasteiger partial charge in [0.15, 0.2) is 0 Å². The van der Waals surface area contributed by atoms with E-state index in [1.165, 1.54) is 77.0 Å². The predicted octanol–water partition coefficient (Wildman–Crippen LogP) is 6.77. The van der Waals surface area contributed by atoms with Crippen LogP contribution in [-0.2, 0) is 4.79 Å². The molecule has 0 aliphatic rings. The van der Waals surface area contributed by atoms with E-state index >= 15 is 0 Å². The Morgan fingerprint density at radius 2 is 1.00 bits per heavy atom. The van der Waals surface area contributed by atoms with Crippen molar-refractivity contribution in [2.75, 3.05) is 5.88 Å². The van der Waals surface area contributed by atoms with Crippen LogP contribution in [-0.4, -0.2) is 22.3 Å². The Hall–Kier alpha value is 0.0500. The van der Waals surface area contributed by atoms with Gasteiger partial charge in [-0.1, -0.05) is 83.5 Å². The lowest BCUT2D eigenvalue weighted by molar-refractivity contribution is -0.136. The van der Waals surface area contributed by atoms with Gasteiger partial charge >= 0.3 is 5.97 Å². The molecule has 0 amide bonds. The van der Waals surface area contributed by atoms with E-state index in [0.29, 0.717) is 6.42 Å². The maximum Gasteiger partial charge on any atom is 0.321 e. The number of aliphatic carboxylic acids is 1. The van der Waals surface area contributed by atoms with Crippen LogP contribution in [0.2, 0.25) is 0 Å². The lowest BCUT2D eigenvalue weighted by Crippen LogP contribution is -2.12. The van der Waals surface area contributed by atoms with E-state index in [4.69, 9.17) is 28.3 Å². The van der Waals surface area contributed by atoms with Crippen LogP contribution >= 0.6 is 23.2 Å². The minimum absolute atomic E-state index is 0.599. The van der Waals surface area contributed by atoms with Crippen LogP contribution in [0.25, 0.3) is 0 Å². The zero-order valence-electron chi connectivity index (χ0n) is 14.0. The molecule has 0 rings (SSSR count). The van der Waals surface area contributed by atoms with Gasteiger partial charge in [0.1, 0.15) is 5.38 Å². The molecule has 0 spiro atoms. The van der Waals surface area contributed by atoms with E-state index in [1.807, 2.05) is 0 Å². The number of halogens is 2. The number of unbranched alkanes of at least 4 members (excludes halogenated alkanes) is 13. The van der Waals surface area contributed by atoms with Gasteiger partial charge in [0, 0.05) is 5.88 Å². The van der Waals surface area contributed by atoms with Gasteiger partial charge in [0.05, 0.1) is 0 Å². The Kier molecular flexibility index (Phi) is 17.4. The Balaban J connectivity index is 3.04. The summed E-state index contributed by atoms with van der Waals surface area (Å²) in [5.74, 6) is -0.0767. The van der Waals surface area contributed by atoms with Crippen molar-refractivity contribution in [3.63, 3.8) is 0 Å². The number of rotatable bonds is 17. The van der Waals surface area contributed by atoms with Gasteiger partial charge in [-0.3, -0.25) is 4.79 Å². The van der Waals surface area contributed by atoms with Crippen molar-refractivity contribution in [3.05, 3.63) is 0 Å². The summed E-state index contributed by atoms with van der Waals surface area (Å²) < 4.78 is 0. The molecule has 22 heavy (non-hydrogen) atoms. The normalized spacial score (nSPS) is 12.5. The molecular formula is C18H34Cl2O2. The summed E-state index contributed by atoms with van der Waals surface area (Å²) in [5.41, 5.74) is 0. The highest BCUT2D eigenvalue weighted by Gasteiger charge is 2.11. The van der Waals surface area contributed by atoms with Crippen molar-refractivity contribution in [3.8, 4) is 0 Å². The third-order valence-corrected chi connectivity index (χ3v) is 4.78. The SMILES string of the molecule is O=C(O)C(Cl)CCCCCCCCCCCCCCCCCl. The molecule has 0 aliphatic heterocycles. The summed E-state index contributed by atoms with van der Waals surface area (Å²) in [6.45, 7) is 0. The third kappa shape index (κ3) is 16.4. The molecule has 0 heterocycles. The second-order valence-electron chi connectivity index (χ2n) is 6.23. The highest BCUT2D eigenvalue weighted by Crippen LogP contribution is 2.14. The number of carboxylic acid groups (broad SMARTS) is 1. The van der Waals surface area contributed by atoms with Gasteiger partial charge in [-0.2, -0.15) is 0 Å². The molecule has 0 saturated heterocycles. The van der Waals surface area contributed by atoms with Crippen molar-refractivity contribution < 1.29 is 9.90 Å². The van der Waals surface area contributed by atoms with Gasteiger partial charge in [0.25, 0.3) is 0 Å². The van der Waals surface area contributed by atoms with Gasteiger partial charge in [-0.25, -0.2) is 0 Å². The van der Waals surface area contributed by atoms with E-state index in [-0.39, 0.29) is 0 Å². The molecule has 0 fully saturated rings. The van der Waals surface area contributed by atoms with E-state index in [2.05, 4.69) is 0 Å². The number of carbonyl (C=O) groups is 1. The molecule has 0 aliphatic carbocycles. The summed E-state index contributed by atoms with van der Waals surface area (Å²) >= 11 is 11.3. The number of carboxylic acids is 1. The molecule has 2 nitrogen and oxygen atoms in total. The molecule has 4 heteroatoms. The van der Waals surface area contributed by atoms with Crippen LogP contribution in [0, 0.1) is 0 Å². The highest BCUT2D eigenvalue weighted by molar-refractivity contribution is 6.29. The summed E-state index contributed by atoms with van der Waals surface area (Å²) in [4.78, 5) is 10.5. The molecule has 1 N–H and O–H groups in total. The van der Waals surface area contributed by atoms with E-state index in [0.717, 1.165) is 18.7 Å². The van der Waals surface area contributed by atoms with Crippen LogP contribution in [0.15, 0.2) is 0 Å². The Bertz CT molecular complexity index is 247. The molecule has 0 radical (unpaired) electrons. The Morgan fingerprint density at radius 1 is 0.682 bits per heavy atom. The topological polar surface area (TPSA) is 37.3 Å². The maximum absolute atomic E-state index is 10.5. The molecule has 1 unspecified atom stereocenters. The molecule has 0 aromatic rings. The second-order valence-corrected chi connectivity index (χ2v) is 7.14. The zero-order chi connectivity index (χ0) is 16.5. The first-order valence-corrected chi connectivity index (χ1v) is 10.1. The Labute approximate surface area is 147 Å². The molecular weight excluding hydrogens is 319 g/mol. The highest BCUT2D eigenvalue weighted by atomic mass is 35.5. The van der Waals surface area contributed by atoms with E-state index < -0.39 is 11.3 Å². The van der Waals surface area contributed by atoms with Crippen molar-refractivity contribution >= 4 is 29.2 Å². The van der Waals surface area contributed by atoms with Gasteiger partial charge in [-0.05, 0) is 12.8 Å². The minimum Gasteiger partial charge on any atom is -0.480 e. The summed E-state index contributed by atoms with van der Waals surface area (Å²) in [5, 5.41) is 7.96. The largest absolute Gasteiger partial charge is 0.480 e. The average Bonchev–Trinajstić information content (AvgIpc) is 2.50. The average molecular weight is 353 g/mol. The first-order valence-electron chi connectivity index (χ1n) is 9.11. The molecule has 0 aromatic carbocycles. The van der Waals surface area contributed by atoms with Gasteiger partial charge in [-0.15, -0.1) is 23.2 Å². The van der Waals surface area contributed by atoms with Crippen molar-refractivity contribution in [2.24, 2.45) is 0 Å². The summed E-state index contributed by atoms with van der Waals surface area (Å²) in [7, 11) is 0. The van der Waals surface area contributed by atoms with E-state index in [9.17, 15) is 4.79 Å². The summed E-state index contributed by atoms with van der Waals surface area (Å²) in [6, 6.07) is 0. The number of alkyl halides is 2. The van der Waals surface area contributed by atoms with Crippen molar-refractivity contribution in [2.45, 2.75) is 102 Å². The fourth-order valence-electron chi connectivity index (χ4n) is 2.66. The van der Waals surface area contributed by atoms with E-state index in [1.54, 1.807) is 0 Å². The molecule has 0 bridgehead atoms. The van der Waals surface area contributed by atoms with Crippen LogP contribution in [0.4, 0.5) is 0 Å². The van der Waals surface area contributed by atoms with Crippen LogP contribution in [0.3, 0.4) is 0 Å². The second kappa shape index (κ2) is 17.4. The van der Waals surface area contributed by atoms with Crippen molar-refractivity contribution in [1.29, 1.82) is 0 Å². The molecule has 0 saturated carbocycles. The fourth-order valence-corrected chi connectivity index (χ4v) is 3.01. The quantitative estimate of drug-likeness (QED) is 0.231. The van der Waals surface area contributed by atoms with Crippen LogP contribution in [0.5, 0.6) is 0 Å². The Morgan fingerprint density at radius 3 is 1.32 bits per heavy atom. The number of hydrogen-bond donors (Lipinski definition) is 1. The first-order chi connectivity index (χ1) is 10.7. The molecule has 0 aromatic heterocycles. The van der Waals surface area contributed by atoms with Gasteiger partial charge < -0.3 is 5.11 Å². The lowest BCUT2D eigenvalue weighted by Gasteiger charge is -2.04. The third-order valence-electron chi connectivity index (χ3n) is 4.11. The summed E-state index contributed by atoms with van der Waals surface area (Å²) in [6.07, 6.45) is 18.5. The smallest absolute Gasteiger partial charge is 0.321 e. The minimum atomic E-state index is -0.888. The lowest BCUT2D eigenvalue weighted by atomic mass is 10.0. The molecule has 1 atom stereocenters. The van der Waals surface area contributed by atoms with Gasteiger partial charge in [0.2, 0.25) is 0 Å². The zero-order valence-corrected chi connectivity index (χ0v) is 15.5. The maximum atomic E-state index is 10.5. The first kappa shape index (κ1) is 22.1. The monoisotopic (exact) mass is 352 g/mol. The van der Waals surface area contributed by atoms with Crippen LogP contribution < -0.4 is 0 Å². The van der Waals surface area contributed by atoms with Crippen molar-refractivity contribution in [1.82, 2.24) is 0 Å². The standard InChI is InChI=1S/C18H34Cl2O2/c19-16-14-12-10-8-6-4-2-1-3-5-7-9-11-13-15-17(20)18(21)22/h17H,1-16H2,(H,21,22).